The van der Waals surface area contributed by atoms with Crippen molar-refractivity contribution in [2.75, 3.05) is 11.4 Å². The molecule has 0 radical (unpaired) electrons. The third kappa shape index (κ3) is 2.92. The Morgan fingerprint density at radius 1 is 1.28 bits per heavy atom. The second-order valence-corrected chi connectivity index (χ2v) is 6.15. The molecule has 1 unspecified atom stereocenters. The first-order valence-corrected chi connectivity index (χ1v) is 7.96. The fourth-order valence-electron chi connectivity index (χ4n) is 3.26. The normalized spacial score (nSPS) is 18.4. The van der Waals surface area contributed by atoms with E-state index in [9.17, 15) is 13.2 Å². The molecule has 3 aromatic heterocycles. The van der Waals surface area contributed by atoms with Crippen LogP contribution in [0.2, 0.25) is 0 Å². The Labute approximate surface area is 141 Å². The Balaban J connectivity index is 1.75. The molecule has 1 aliphatic heterocycles. The summed E-state index contributed by atoms with van der Waals surface area (Å²) in [4.78, 5) is 13.8. The maximum atomic E-state index is 13.0. The summed E-state index contributed by atoms with van der Waals surface area (Å²) in [5.41, 5.74) is 0.608. The topological polar surface area (TPSA) is 64.1 Å². The van der Waals surface area contributed by atoms with Crippen LogP contribution in [0.1, 0.15) is 24.4 Å². The van der Waals surface area contributed by atoms with E-state index in [4.69, 9.17) is 0 Å². The van der Waals surface area contributed by atoms with Crippen molar-refractivity contribution in [3.8, 4) is 0 Å². The number of imidazole rings is 1. The summed E-state index contributed by atoms with van der Waals surface area (Å²) >= 11 is 0. The minimum absolute atomic E-state index is 0.0318. The summed E-state index contributed by atoms with van der Waals surface area (Å²) in [7, 11) is 0. The van der Waals surface area contributed by atoms with E-state index in [1.165, 1.54) is 4.52 Å². The van der Waals surface area contributed by atoms with Gasteiger partial charge in [-0.3, -0.25) is 0 Å². The molecule has 0 spiro atoms. The van der Waals surface area contributed by atoms with Crippen molar-refractivity contribution < 1.29 is 13.2 Å². The molecule has 0 bridgehead atoms. The molecule has 3 aromatic rings. The SMILES string of the molecule is Cc1cc(N2CCCC2Cn2ccnc2)n2nc(C(F)(F)F)nc2n1. The number of rotatable bonds is 3. The molecule has 0 aliphatic carbocycles. The number of halogens is 3. The zero-order chi connectivity index (χ0) is 17.6. The zero-order valence-electron chi connectivity index (χ0n) is 13.5. The predicted molar refractivity (Wildman–Crippen MR) is 83.1 cm³/mol. The smallest absolute Gasteiger partial charge is 0.352 e. The van der Waals surface area contributed by atoms with Crippen molar-refractivity contribution in [2.45, 2.75) is 38.5 Å². The molecule has 0 saturated carbocycles. The van der Waals surface area contributed by atoms with E-state index in [0.717, 1.165) is 19.4 Å². The van der Waals surface area contributed by atoms with E-state index in [-0.39, 0.29) is 11.8 Å². The summed E-state index contributed by atoms with van der Waals surface area (Å²) in [5, 5.41) is 3.66. The van der Waals surface area contributed by atoms with Gasteiger partial charge in [-0.1, -0.05) is 0 Å². The highest BCUT2D eigenvalue weighted by atomic mass is 19.4. The van der Waals surface area contributed by atoms with E-state index >= 15 is 0 Å². The van der Waals surface area contributed by atoms with Crippen LogP contribution in [0.3, 0.4) is 0 Å². The lowest BCUT2D eigenvalue weighted by Gasteiger charge is -2.27. The fourth-order valence-corrected chi connectivity index (χ4v) is 3.26. The Morgan fingerprint density at radius 2 is 2.12 bits per heavy atom. The quantitative estimate of drug-likeness (QED) is 0.725. The van der Waals surface area contributed by atoms with Crippen molar-refractivity contribution in [3.63, 3.8) is 0 Å². The summed E-state index contributed by atoms with van der Waals surface area (Å²) < 4.78 is 42.1. The van der Waals surface area contributed by atoms with Gasteiger partial charge in [0.2, 0.25) is 0 Å². The molecular formula is C15H16F3N7. The highest BCUT2D eigenvalue weighted by molar-refractivity contribution is 5.49. The van der Waals surface area contributed by atoms with Crippen molar-refractivity contribution in [1.82, 2.24) is 29.1 Å². The highest BCUT2D eigenvalue weighted by Gasteiger charge is 2.37. The minimum Gasteiger partial charge on any atom is -0.352 e. The molecule has 1 atom stereocenters. The van der Waals surface area contributed by atoms with Crippen molar-refractivity contribution >= 4 is 11.6 Å². The monoisotopic (exact) mass is 351 g/mol. The van der Waals surface area contributed by atoms with Gasteiger partial charge in [0.1, 0.15) is 5.82 Å². The van der Waals surface area contributed by atoms with Crippen LogP contribution in [0.15, 0.2) is 24.8 Å². The van der Waals surface area contributed by atoms with E-state index in [1.807, 2.05) is 10.8 Å². The molecule has 10 heteroatoms. The summed E-state index contributed by atoms with van der Waals surface area (Å²) in [6, 6.07) is 1.91. The Bertz CT molecular complexity index is 885. The number of aromatic nitrogens is 6. The number of hydrogen-bond acceptors (Lipinski definition) is 5. The van der Waals surface area contributed by atoms with Gasteiger partial charge in [0.25, 0.3) is 11.6 Å². The van der Waals surface area contributed by atoms with Gasteiger partial charge < -0.3 is 9.47 Å². The van der Waals surface area contributed by atoms with Crippen LogP contribution >= 0.6 is 0 Å². The molecule has 25 heavy (non-hydrogen) atoms. The van der Waals surface area contributed by atoms with Gasteiger partial charge in [0.15, 0.2) is 0 Å². The average Bonchev–Trinajstić information content (AvgIpc) is 3.25. The zero-order valence-corrected chi connectivity index (χ0v) is 13.5. The van der Waals surface area contributed by atoms with Crippen molar-refractivity contribution in [1.29, 1.82) is 0 Å². The first kappa shape index (κ1) is 15.9. The largest absolute Gasteiger partial charge is 0.453 e. The van der Waals surface area contributed by atoms with Gasteiger partial charge in [-0.2, -0.15) is 22.7 Å². The Hall–Kier alpha value is -2.65. The number of alkyl halides is 3. The van der Waals surface area contributed by atoms with Gasteiger partial charge in [0.05, 0.1) is 6.33 Å². The molecule has 7 nitrogen and oxygen atoms in total. The molecule has 0 aromatic carbocycles. The molecule has 1 fully saturated rings. The second-order valence-electron chi connectivity index (χ2n) is 6.15. The molecule has 1 saturated heterocycles. The maximum absolute atomic E-state index is 13.0. The lowest BCUT2D eigenvalue weighted by molar-refractivity contribution is -0.144. The molecule has 4 heterocycles. The predicted octanol–water partition coefficient (Wildman–Crippen LogP) is 2.32. The number of nitrogens with zero attached hydrogens (tertiary/aromatic N) is 7. The molecular weight excluding hydrogens is 335 g/mol. The number of anilines is 1. The van der Waals surface area contributed by atoms with Gasteiger partial charge >= 0.3 is 6.18 Å². The third-order valence-electron chi connectivity index (χ3n) is 4.33. The van der Waals surface area contributed by atoms with Crippen LogP contribution in [0.4, 0.5) is 19.0 Å². The minimum atomic E-state index is -4.60. The molecule has 1 aliphatic rings. The summed E-state index contributed by atoms with van der Waals surface area (Å²) in [6.45, 7) is 3.20. The average molecular weight is 351 g/mol. The van der Waals surface area contributed by atoms with Crippen LogP contribution < -0.4 is 4.90 Å². The van der Waals surface area contributed by atoms with Crippen LogP contribution in [0.25, 0.3) is 5.78 Å². The van der Waals surface area contributed by atoms with Crippen molar-refractivity contribution in [3.05, 3.63) is 36.3 Å². The third-order valence-corrected chi connectivity index (χ3v) is 4.33. The Kier molecular flexibility index (Phi) is 3.62. The summed E-state index contributed by atoms with van der Waals surface area (Å²) in [5.74, 6) is -0.610. The highest BCUT2D eigenvalue weighted by Crippen LogP contribution is 2.30. The molecule has 0 amide bonds. The molecule has 4 rings (SSSR count). The van der Waals surface area contributed by atoms with E-state index in [2.05, 4.69) is 25.0 Å². The van der Waals surface area contributed by atoms with Gasteiger partial charge in [-0.05, 0) is 19.8 Å². The number of aryl methyl sites for hydroxylation is 1. The van der Waals surface area contributed by atoms with Crippen LogP contribution in [0, 0.1) is 6.92 Å². The van der Waals surface area contributed by atoms with E-state index in [0.29, 0.717) is 18.1 Å². The van der Waals surface area contributed by atoms with Gasteiger partial charge in [0, 0.05) is 43.3 Å². The van der Waals surface area contributed by atoms with Crippen LogP contribution in [-0.4, -0.2) is 41.7 Å². The van der Waals surface area contributed by atoms with Crippen molar-refractivity contribution in [2.24, 2.45) is 0 Å². The first-order valence-electron chi connectivity index (χ1n) is 7.96. The van der Waals surface area contributed by atoms with E-state index in [1.54, 1.807) is 25.5 Å². The lowest BCUT2D eigenvalue weighted by Crippen LogP contribution is -2.34. The van der Waals surface area contributed by atoms with E-state index < -0.39 is 12.0 Å². The maximum Gasteiger partial charge on any atom is 0.453 e. The standard InChI is InChI=1S/C15H16F3N7/c1-10-7-12(25-14(20-10)21-13(22-25)15(16,17)18)24-5-2-3-11(24)8-23-6-4-19-9-23/h4,6-7,9,11H,2-3,5,8H2,1H3. The van der Waals surface area contributed by atoms with Crippen LogP contribution in [-0.2, 0) is 12.7 Å². The number of hydrogen-bond donors (Lipinski definition) is 0. The first-order chi connectivity index (χ1) is 11.9. The van der Waals surface area contributed by atoms with Gasteiger partial charge in [-0.25, -0.2) is 9.97 Å². The summed E-state index contributed by atoms with van der Waals surface area (Å²) in [6.07, 6.45) is 2.63. The fraction of sp³-hybridized carbons (Fsp3) is 0.467. The molecule has 132 valence electrons. The molecule has 0 N–H and O–H groups in total. The number of fused-ring (bicyclic) bond motifs is 1. The second kappa shape index (κ2) is 5.71. The lowest BCUT2D eigenvalue weighted by atomic mass is 10.2. The Morgan fingerprint density at radius 3 is 2.84 bits per heavy atom. The van der Waals surface area contributed by atoms with Gasteiger partial charge in [-0.15, -0.1) is 5.10 Å². The van der Waals surface area contributed by atoms with Crippen LogP contribution in [0.5, 0.6) is 0 Å².